The van der Waals surface area contributed by atoms with Gasteiger partial charge in [0.15, 0.2) is 0 Å². The van der Waals surface area contributed by atoms with Crippen LogP contribution in [0.15, 0.2) is 23.1 Å². The van der Waals surface area contributed by atoms with Gasteiger partial charge in [-0.1, -0.05) is 6.07 Å². The van der Waals surface area contributed by atoms with Crippen LogP contribution < -0.4 is 16.2 Å². The molecule has 1 aromatic rings. The Kier molecular flexibility index (Phi) is 4.03. The number of nitrogens with zero attached hydrogens (tertiary/aromatic N) is 1. The van der Waals surface area contributed by atoms with Crippen LogP contribution in [0.1, 0.15) is 11.1 Å². The quantitative estimate of drug-likeness (QED) is 0.679. The van der Waals surface area contributed by atoms with Crippen LogP contribution in [0.5, 0.6) is 0 Å². The van der Waals surface area contributed by atoms with Crippen molar-refractivity contribution in [2.75, 3.05) is 13.1 Å². The number of carbonyl (C=O) groups is 2. The SMILES string of the molecule is NC(=O)NS(=O)(=O)c1ccc2c(c1)CCN(C(N)=O)CC2. The number of benzene rings is 1. The molecule has 0 unspecified atom stereocenters. The average molecular weight is 312 g/mol. The van der Waals surface area contributed by atoms with Gasteiger partial charge in [0.05, 0.1) is 4.90 Å². The minimum absolute atomic E-state index is 0.0347. The summed E-state index contributed by atoms with van der Waals surface area (Å²) < 4.78 is 25.5. The van der Waals surface area contributed by atoms with E-state index in [9.17, 15) is 18.0 Å². The molecule has 0 aliphatic carbocycles. The van der Waals surface area contributed by atoms with Crippen LogP contribution in [-0.2, 0) is 22.9 Å². The summed E-state index contributed by atoms with van der Waals surface area (Å²) in [6.45, 7) is 0.920. The summed E-state index contributed by atoms with van der Waals surface area (Å²) >= 11 is 0. The molecule has 1 aliphatic heterocycles. The number of urea groups is 2. The van der Waals surface area contributed by atoms with Crippen LogP contribution in [-0.4, -0.2) is 38.5 Å². The maximum Gasteiger partial charge on any atom is 0.326 e. The Bertz CT molecular complexity index is 686. The summed E-state index contributed by atoms with van der Waals surface area (Å²) in [6, 6.07) is 2.95. The third-order valence-electron chi connectivity index (χ3n) is 3.34. The molecule has 0 saturated carbocycles. The van der Waals surface area contributed by atoms with E-state index in [2.05, 4.69) is 0 Å². The molecule has 1 aliphatic rings. The first-order chi connectivity index (χ1) is 9.79. The zero-order chi connectivity index (χ0) is 15.6. The summed E-state index contributed by atoms with van der Waals surface area (Å²) in [7, 11) is -3.96. The van der Waals surface area contributed by atoms with Gasteiger partial charge in [0.2, 0.25) is 0 Å². The monoisotopic (exact) mass is 312 g/mol. The third-order valence-corrected chi connectivity index (χ3v) is 4.68. The number of amides is 4. The number of nitrogens with two attached hydrogens (primary N) is 2. The van der Waals surface area contributed by atoms with Gasteiger partial charge in [-0.05, 0) is 36.1 Å². The number of hydrogen-bond donors (Lipinski definition) is 3. The third kappa shape index (κ3) is 3.43. The molecule has 0 aromatic heterocycles. The molecule has 0 spiro atoms. The summed E-state index contributed by atoms with van der Waals surface area (Å²) in [5.41, 5.74) is 11.9. The number of nitrogens with one attached hydrogen (secondary N) is 1. The van der Waals surface area contributed by atoms with Crippen molar-refractivity contribution in [3.05, 3.63) is 29.3 Å². The van der Waals surface area contributed by atoms with Crippen molar-refractivity contribution in [2.24, 2.45) is 11.5 Å². The second kappa shape index (κ2) is 5.60. The van der Waals surface area contributed by atoms with Gasteiger partial charge in [-0.25, -0.2) is 22.7 Å². The highest BCUT2D eigenvalue weighted by Gasteiger charge is 2.20. The van der Waals surface area contributed by atoms with Gasteiger partial charge in [-0.2, -0.15) is 0 Å². The fraction of sp³-hybridized carbons (Fsp3) is 0.333. The van der Waals surface area contributed by atoms with Gasteiger partial charge in [0, 0.05) is 13.1 Å². The molecular weight excluding hydrogens is 296 g/mol. The Labute approximate surface area is 122 Å². The summed E-state index contributed by atoms with van der Waals surface area (Å²) in [5.74, 6) is 0. The predicted molar refractivity (Wildman–Crippen MR) is 74.9 cm³/mol. The Morgan fingerprint density at radius 2 is 1.71 bits per heavy atom. The van der Waals surface area contributed by atoms with E-state index in [1.54, 1.807) is 10.8 Å². The maximum atomic E-state index is 11.9. The fourth-order valence-electron chi connectivity index (χ4n) is 2.28. The van der Waals surface area contributed by atoms with Crippen molar-refractivity contribution in [3.63, 3.8) is 0 Å². The van der Waals surface area contributed by atoms with E-state index in [0.717, 1.165) is 11.1 Å². The summed E-state index contributed by atoms with van der Waals surface area (Å²) in [6.07, 6.45) is 1.10. The maximum absolute atomic E-state index is 11.9. The summed E-state index contributed by atoms with van der Waals surface area (Å²) in [5, 5.41) is 0. The van der Waals surface area contributed by atoms with Crippen LogP contribution in [0.2, 0.25) is 0 Å². The van der Waals surface area contributed by atoms with Gasteiger partial charge in [-0.3, -0.25) is 0 Å². The molecule has 9 heteroatoms. The highest BCUT2D eigenvalue weighted by molar-refractivity contribution is 7.90. The zero-order valence-electron chi connectivity index (χ0n) is 11.2. The zero-order valence-corrected chi connectivity index (χ0v) is 12.0. The highest BCUT2D eigenvalue weighted by atomic mass is 32.2. The molecule has 0 fully saturated rings. The van der Waals surface area contributed by atoms with Crippen molar-refractivity contribution in [1.29, 1.82) is 0 Å². The van der Waals surface area contributed by atoms with Gasteiger partial charge in [0.1, 0.15) is 0 Å². The van der Waals surface area contributed by atoms with Gasteiger partial charge >= 0.3 is 12.1 Å². The van der Waals surface area contributed by atoms with Crippen molar-refractivity contribution < 1.29 is 18.0 Å². The molecule has 0 bridgehead atoms. The molecule has 21 heavy (non-hydrogen) atoms. The van der Waals surface area contributed by atoms with Crippen molar-refractivity contribution in [2.45, 2.75) is 17.7 Å². The van der Waals surface area contributed by atoms with E-state index < -0.39 is 22.1 Å². The Hall–Kier alpha value is -2.29. The van der Waals surface area contributed by atoms with Crippen molar-refractivity contribution >= 4 is 22.1 Å². The number of carbonyl (C=O) groups excluding carboxylic acids is 2. The van der Waals surface area contributed by atoms with Crippen LogP contribution in [0.25, 0.3) is 0 Å². The number of primary amides is 2. The van der Waals surface area contributed by atoms with Gasteiger partial charge in [-0.15, -0.1) is 0 Å². The van der Waals surface area contributed by atoms with E-state index in [1.165, 1.54) is 17.0 Å². The van der Waals surface area contributed by atoms with Crippen molar-refractivity contribution in [1.82, 2.24) is 9.62 Å². The van der Waals surface area contributed by atoms with Crippen LogP contribution in [0, 0.1) is 0 Å². The standard InChI is InChI=1S/C12H16N4O4S/c13-11(17)15-21(19,20)10-2-1-8-3-5-16(12(14)18)6-4-9(8)7-10/h1-2,7H,3-6H2,(H2,14,18)(H3,13,15,17). The smallest absolute Gasteiger partial charge is 0.326 e. The highest BCUT2D eigenvalue weighted by Crippen LogP contribution is 2.20. The first kappa shape index (κ1) is 15.1. The molecule has 0 atom stereocenters. The number of sulfonamides is 1. The molecule has 4 amide bonds. The van der Waals surface area contributed by atoms with Gasteiger partial charge < -0.3 is 16.4 Å². The Morgan fingerprint density at radius 1 is 1.10 bits per heavy atom. The van der Waals surface area contributed by atoms with E-state index in [0.29, 0.717) is 25.9 Å². The number of hydrogen-bond acceptors (Lipinski definition) is 4. The second-order valence-electron chi connectivity index (χ2n) is 4.73. The first-order valence-electron chi connectivity index (χ1n) is 6.28. The van der Waals surface area contributed by atoms with Gasteiger partial charge in [0.25, 0.3) is 10.0 Å². The second-order valence-corrected chi connectivity index (χ2v) is 6.41. The van der Waals surface area contributed by atoms with E-state index >= 15 is 0 Å². The van der Waals surface area contributed by atoms with Crippen molar-refractivity contribution in [3.8, 4) is 0 Å². The van der Waals surface area contributed by atoms with Crippen LogP contribution in [0.4, 0.5) is 9.59 Å². The van der Waals surface area contributed by atoms with E-state index in [1.807, 2.05) is 0 Å². The van der Waals surface area contributed by atoms with E-state index in [-0.39, 0.29) is 4.90 Å². The normalized spacial score (nSPS) is 15.0. The largest absolute Gasteiger partial charge is 0.351 e. The van der Waals surface area contributed by atoms with Crippen LogP contribution >= 0.6 is 0 Å². The summed E-state index contributed by atoms with van der Waals surface area (Å²) in [4.78, 5) is 23.4. The molecular formula is C12H16N4O4S. The Morgan fingerprint density at radius 3 is 2.29 bits per heavy atom. The molecule has 1 aromatic carbocycles. The average Bonchev–Trinajstić information content (AvgIpc) is 2.58. The lowest BCUT2D eigenvalue weighted by Gasteiger charge is -2.16. The lowest BCUT2D eigenvalue weighted by molar-refractivity contribution is 0.210. The molecule has 0 saturated heterocycles. The lowest BCUT2D eigenvalue weighted by Crippen LogP contribution is -2.37. The van der Waals surface area contributed by atoms with Crippen LogP contribution in [0.3, 0.4) is 0 Å². The molecule has 2 rings (SSSR count). The number of rotatable bonds is 2. The predicted octanol–water partition coefficient (Wildman–Crippen LogP) is -0.477. The lowest BCUT2D eigenvalue weighted by atomic mass is 10.0. The topological polar surface area (TPSA) is 136 Å². The molecule has 0 radical (unpaired) electrons. The number of fused-ring (bicyclic) bond motifs is 1. The minimum atomic E-state index is -3.96. The van der Waals surface area contributed by atoms with E-state index in [4.69, 9.17) is 11.5 Å². The first-order valence-corrected chi connectivity index (χ1v) is 7.76. The molecule has 1 heterocycles. The molecule has 8 nitrogen and oxygen atoms in total. The fourth-order valence-corrected chi connectivity index (χ4v) is 3.21. The molecule has 114 valence electrons. The molecule has 5 N–H and O–H groups in total. The minimum Gasteiger partial charge on any atom is -0.351 e. The Balaban J connectivity index is 2.29.